The number of carbonyl (C=O) groups is 1. The number of carbonyl (C=O) groups excluding carboxylic acids is 1. The van der Waals surface area contributed by atoms with E-state index in [4.69, 9.17) is 4.74 Å². The number of benzene rings is 2. The number of unbranched alkanes of at least 4 members (excludes halogenated alkanes) is 6. The molecule has 31 heavy (non-hydrogen) atoms. The number of thiophene rings is 1. The lowest BCUT2D eigenvalue weighted by Crippen LogP contribution is -2.06. The Hall–Kier alpha value is -2.39. The van der Waals surface area contributed by atoms with Crippen LogP contribution in [0.2, 0.25) is 0 Å². The Morgan fingerprint density at radius 2 is 1.35 bits per heavy atom. The van der Waals surface area contributed by atoms with Gasteiger partial charge in [-0.25, -0.2) is 4.79 Å². The highest BCUT2D eigenvalue weighted by Crippen LogP contribution is 2.25. The third kappa shape index (κ3) is 7.36. The van der Waals surface area contributed by atoms with E-state index in [0.717, 1.165) is 18.4 Å². The van der Waals surface area contributed by atoms with E-state index in [1.54, 1.807) is 11.3 Å². The van der Waals surface area contributed by atoms with E-state index in [9.17, 15) is 4.79 Å². The molecule has 0 aliphatic carbocycles. The van der Waals surface area contributed by atoms with Crippen LogP contribution < -0.4 is 4.74 Å². The second-order valence-corrected chi connectivity index (χ2v) is 9.27. The molecule has 0 saturated heterocycles. The van der Waals surface area contributed by atoms with Gasteiger partial charge in [0.2, 0.25) is 0 Å². The predicted molar refractivity (Wildman–Crippen MR) is 132 cm³/mol. The van der Waals surface area contributed by atoms with Crippen LogP contribution >= 0.6 is 11.3 Å². The second kappa shape index (κ2) is 12.5. The van der Waals surface area contributed by atoms with Crippen molar-refractivity contribution in [1.82, 2.24) is 0 Å². The average molecular weight is 435 g/mol. The lowest BCUT2D eigenvalue weighted by molar-refractivity contribution is 0.0740. The van der Waals surface area contributed by atoms with Crippen molar-refractivity contribution in [2.45, 2.75) is 71.6 Å². The third-order valence-electron chi connectivity index (χ3n) is 5.65. The first-order valence-electron chi connectivity index (χ1n) is 11.7. The maximum absolute atomic E-state index is 12.5. The molecule has 0 atom stereocenters. The molecule has 0 bridgehead atoms. The molecule has 0 aliphatic heterocycles. The maximum Gasteiger partial charge on any atom is 0.353 e. The molecule has 3 rings (SSSR count). The molecule has 0 unspecified atom stereocenters. The first kappa shape index (κ1) is 23.3. The Kier molecular flexibility index (Phi) is 9.36. The molecule has 0 radical (unpaired) electrons. The van der Waals surface area contributed by atoms with Crippen molar-refractivity contribution < 1.29 is 9.53 Å². The van der Waals surface area contributed by atoms with Gasteiger partial charge in [0.25, 0.3) is 0 Å². The lowest BCUT2D eigenvalue weighted by Gasteiger charge is -2.06. The molecule has 3 aromatic rings. The average Bonchev–Trinajstić information content (AvgIpc) is 3.28. The topological polar surface area (TPSA) is 26.3 Å². The van der Waals surface area contributed by atoms with E-state index in [-0.39, 0.29) is 5.97 Å². The normalized spacial score (nSPS) is 10.9. The largest absolute Gasteiger partial charge is 0.422 e. The van der Waals surface area contributed by atoms with E-state index in [2.05, 4.69) is 44.2 Å². The van der Waals surface area contributed by atoms with Crippen LogP contribution in [0.15, 0.2) is 60.7 Å². The Balaban J connectivity index is 1.46. The molecule has 0 saturated carbocycles. The van der Waals surface area contributed by atoms with Gasteiger partial charge in [0.05, 0.1) is 0 Å². The van der Waals surface area contributed by atoms with Crippen LogP contribution in [0.1, 0.15) is 78.9 Å². The zero-order valence-corrected chi connectivity index (χ0v) is 19.7. The summed E-state index contributed by atoms with van der Waals surface area (Å²) in [7, 11) is 0. The predicted octanol–water partition coefficient (Wildman–Crippen LogP) is 8.49. The van der Waals surface area contributed by atoms with Gasteiger partial charge >= 0.3 is 5.97 Å². The third-order valence-corrected chi connectivity index (χ3v) is 6.78. The standard InChI is InChI=1S/C28H34O2S/c1-3-5-6-7-8-9-10-11-26-20-21-27(31-26)28(29)30-25-18-16-24(17-19-25)23-14-12-22(4-2)13-15-23/h12-21H,3-11H2,1-2H3. The Morgan fingerprint density at radius 1 is 0.742 bits per heavy atom. The van der Waals surface area contributed by atoms with Crippen LogP contribution in [0.4, 0.5) is 0 Å². The summed E-state index contributed by atoms with van der Waals surface area (Å²) in [5, 5.41) is 0. The number of aryl methyl sites for hydroxylation is 2. The summed E-state index contributed by atoms with van der Waals surface area (Å²) in [4.78, 5) is 14.5. The highest BCUT2D eigenvalue weighted by Gasteiger charge is 2.12. The molecule has 0 spiro atoms. The summed E-state index contributed by atoms with van der Waals surface area (Å²) < 4.78 is 5.59. The van der Waals surface area contributed by atoms with Crippen molar-refractivity contribution in [2.75, 3.05) is 0 Å². The van der Waals surface area contributed by atoms with Gasteiger partial charge in [0.1, 0.15) is 10.6 Å². The molecule has 0 amide bonds. The van der Waals surface area contributed by atoms with Crippen molar-refractivity contribution in [1.29, 1.82) is 0 Å². The fourth-order valence-corrected chi connectivity index (χ4v) is 4.61. The van der Waals surface area contributed by atoms with E-state index in [0.29, 0.717) is 10.6 Å². The molecule has 3 heteroatoms. The smallest absolute Gasteiger partial charge is 0.353 e. The van der Waals surface area contributed by atoms with Crippen LogP contribution in [-0.4, -0.2) is 5.97 Å². The van der Waals surface area contributed by atoms with Gasteiger partial charge < -0.3 is 4.74 Å². The summed E-state index contributed by atoms with van der Waals surface area (Å²) in [6.07, 6.45) is 11.2. The monoisotopic (exact) mass is 434 g/mol. The van der Waals surface area contributed by atoms with Gasteiger partial charge in [-0.3, -0.25) is 0 Å². The van der Waals surface area contributed by atoms with Gasteiger partial charge in [0.15, 0.2) is 0 Å². The summed E-state index contributed by atoms with van der Waals surface area (Å²) in [6.45, 7) is 4.41. The van der Waals surface area contributed by atoms with Gasteiger partial charge in [-0.05, 0) is 60.2 Å². The summed E-state index contributed by atoms with van der Waals surface area (Å²) in [5.74, 6) is 0.317. The van der Waals surface area contributed by atoms with Crippen molar-refractivity contribution in [3.05, 3.63) is 76.0 Å². The molecular weight excluding hydrogens is 400 g/mol. The Morgan fingerprint density at radius 3 is 2.00 bits per heavy atom. The van der Waals surface area contributed by atoms with Crippen molar-refractivity contribution >= 4 is 17.3 Å². The Bertz CT molecular complexity index is 922. The number of esters is 1. The van der Waals surface area contributed by atoms with Crippen molar-refractivity contribution in [3.63, 3.8) is 0 Å². The van der Waals surface area contributed by atoms with Crippen LogP contribution in [0.3, 0.4) is 0 Å². The lowest BCUT2D eigenvalue weighted by atomic mass is 10.0. The highest BCUT2D eigenvalue weighted by atomic mass is 32.1. The number of rotatable bonds is 12. The molecule has 2 nitrogen and oxygen atoms in total. The minimum absolute atomic E-state index is 0.268. The zero-order valence-electron chi connectivity index (χ0n) is 18.9. The van der Waals surface area contributed by atoms with Gasteiger partial charge in [-0.15, -0.1) is 11.3 Å². The highest BCUT2D eigenvalue weighted by molar-refractivity contribution is 7.13. The SMILES string of the molecule is CCCCCCCCCc1ccc(C(=O)Oc2ccc(-c3ccc(CC)cc3)cc2)s1. The van der Waals surface area contributed by atoms with E-state index < -0.39 is 0 Å². The Labute approximate surface area is 191 Å². The van der Waals surface area contributed by atoms with Crippen LogP contribution in [0.25, 0.3) is 11.1 Å². The zero-order chi connectivity index (χ0) is 21.9. The molecule has 1 aromatic heterocycles. The fraction of sp³-hybridized carbons (Fsp3) is 0.393. The van der Waals surface area contributed by atoms with E-state index >= 15 is 0 Å². The molecule has 2 aromatic carbocycles. The van der Waals surface area contributed by atoms with E-state index in [1.165, 1.54) is 60.9 Å². The molecule has 164 valence electrons. The van der Waals surface area contributed by atoms with Crippen LogP contribution in [0.5, 0.6) is 5.75 Å². The van der Waals surface area contributed by atoms with E-state index in [1.807, 2.05) is 30.3 Å². The summed E-state index contributed by atoms with van der Waals surface area (Å²) in [6, 6.07) is 20.3. The number of hydrogen-bond acceptors (Lipinski definition) is 3. The second-order valence-electron chi connectivity index (χ2n) is 8.10. The number of ether oxygens (including phenoxy) is 1. The van der Waals surface area contributed by atoms with Crippen LogP contribution in [0, 0.1) is 0 Å². The molecular formula is C28H34O2S. The molecule has 1 heterocycles. The first-order valence-corrected chi connectivity index (χ1v) is 12.5. The fourth-order valence-electron chi connectivity index (χ4n) is 3.68. The molecule has 0 fully saturated rings. The minimum Gasteiger partial charge on any atom is -0.422 e. The maximum atomic E-state index is 12.5. The van der Waals surface area contributed by atoms with Crippen LogP contribution in [-0.2, 0) is 12.8 Å². The molecule has 0 N–H and O–H groups in total. The van der Waals surface area contributed by atoms with Crippen molar-refractivity contribution in [2.24, 2.45) is 0 Å². The van der Waals surface area contributed by atoms with Gasteiger partial charge in [0, 0.05) is 4.88 Å². The van der Waals surface area contributed by atoms with Gasteiger partial charge in [-0.2, -0.15) is 0 Å². The minimum atomic E-state index is -0.268. The quantitative estimate of drug-likeness (QED) is 0.162. The molecule has 0 aliphatic rings. The summed E-state index contributed by atoms with van der Waals surface area (Å²) in [5.41, 5.74) is 3.62. The van der Waals surface area contributed by atoms with Crippen molar-refractivity contribution in [3.8, 4) is 16.9 Å². The summed E-state index contributed by atoms with van der Waals surface area (Å²) >= 11 is 1.56. The number of hydrogen-bond donors (Lipinski definition) is 0. The van der Waals surface area contributed by atoms with Gasteiger partial charge in [-0.1, -0.05) is 88.8 Å². The first-order chi connectivity index (χ1) is 15.2.